The van der Waals surface area contributed by atoms with E-state index in [9.17, 15) is 4.79 Å². The third-order valence-electron chi connectivity index (χ3n) is 4.97. The van der Waals surface area contributed by atoms with Crippen LogP contribution in [0.3, 0.4) is 0 Å². The molecule has 0 saturated carbocycles. The van der Waals surface area contributed by atoms with Gasteiger partial charge in [-0.1, -0.05) is 78.5 Å². The molecule has 3 aromatic carbocycles. The second-order valence-corrected chi connectivity index (χ2v) is 7.91. The normalized spacial score (nSPS) is 12.1. The number of thioether (sulfide) groups is 1. The number of aromatic amines is 1. The molecule has 0 saturated heterocycles. The lowest BCUT2D eigenvalue weighted by molar-refractivity contribution is 0.0991. The van der Waals surface area contributed by atoms with E-state index in [0.717, 1.165) is 22.2 Å². The van der Waals surface area contributed by atoms with E-state index in [4.69, 9.17) is 0 Å². The summed E-state index contributed by atoms with van der Waals surface area (Å²) in [4.78, 5) is 16.9. The van der Waals surface area contributed by atoms with Gasteiger partial charge in [-0.3, -0.25) is 9.36 Å². The average Bonchev–Trinajstić information content (AvgIpc) is 3.45. The predicted molar refractivity (Wildman–Crippen MR) is 119 cm³/mol. The number of H-pyrrole nitrogens is 1. The van der Waals surface area contributed by atoms with E-state index in [1.54, 1.807) is 12.5 Å². The summed E-state index contributed by atoms with van der Waals surface area (Å²) in [5.74, 6) is 0.0336. The van der Waals surface area contributed by atoms with Gasteiger partial charge in [0.15, 0.2) is 10.9 Å². The van der Waals surface area contributed by atoms with Crippen LogP contribution in [0.4, 0.5) is 0 Å². The first-order valence-corrected chi connectivity index (χ1v) is 10.5. The largest absolute Gasteiger partial charge is 0.360 e. The molecular formula is C24H18N4OS. The molecule has 6 heteroatoms. The number of nitrogens with zero attached hydrogens (tertiary/aromatic N) is 3. The first kappa shape index (κ1) is 18.4. The molecular weight excluding hydrogens is 392 g/mol. The number of fused-ring (bicyclic) bond motifs is 1. The Morgan fingerprint density at radius 2 is 1.60 bits per heavy atom. The van der Waals surface area contributed by atoms with Crippen molar-refractivity contribution in [3.05, 3.63) is 109 Å². The van der Waals surface area contributed by atoms with Crippen molar-refractivity contribution in [2.24, 2.45) is 0 Å². The van der Waals surface area contributed by atoms with Crippen molar-refractivity contribution in [2.75, 3.05) is 0 Å². The number of para-hydroxylation sites is 2. The summed E-state index contributed by atoms with van der Waals surface area (Å²) in [6.45, 7) is 0. The fraction of sp³-hybridized carbons (Fsp3) is 0.0417. The maximum absolute atomic E-state index is 13.7. The first-order valence-electron chi connectivity index (χ1n) is 9.58. The van der Waals surface area contributed by atoms with Crippen molar-refractivity contribution in [3.63, 3.8) is 0 Å². The number of carbonyl (C=O) groups excluding carboxylic acids is 1. The van der Waals surface area contributed by atoms with Crippen molar-refractivity contribution >= 4 is 28.4 Å². The summed E-state index contributed by atoms with van der Waals surface area (Å²) in [5, 5.41) is 9.54. The van der Waals surface area contributed by atoms with E-state index in [1.165, 1.54) is 11.8 Å². The van der Waals surface area contributed by atoms with Gasteiger partial charge < -0.3 is 4.98 Å². The van der Waals surface area contributed by atoms with Crippen molar-refractivity contribution in [1.82, 2.24) is 19.7 Å². The van der Waals surface area contributed by atoms with Crippen LogP contribution in [0.1, 0.15) is 21.2 Å². The zero-order valence-electron chi connectivity index (χ0n) is 16.0. The third-order valence-corrected chi connectivity index (χ3v) is 6.18. The summed E-state index contributed by atoms with van der Waals surface area (Å²) in [5.41, 5.74) is 3.51. The average molecular weight is 411 g/mol. The fourth-order valence-electron chi connectivity index (χ4n) is 3.49. The Morgan fingerprint density at radius 3 is 2.40 bits per heavy atom. The van der Waals surface area contributed by atoms with Gasteiger partial charge in [0, 0.05) is 28.4 Å². The van der Waals surface area contributed by atoms with Gasteiger partial charge in [-0.05, 0) is 23.8 Å². The second-order valence-electron chi connectivity index (χ2n) is 6.84. The van der Waals surface area contributed by atoms with Gasteiger partial charge in [-0.2, -0.15) is 0 Å². The van der Waals surface area contributed by atoms with Crippen molar-refractivity contribution in [1.29, 1.82) is 0 Å². The number of Topliss-reactive ketones (excluding diaryl/α,β-unsaturated/α-hetero) is 1. The van der Waals surface area contributed by atoms with Crippen LogP contribution in [0.5, 0.6) is 0 Å². The van der Waals surface area contributed by atoms with Crippen LogP contribution in [-0.4, -0.2) is 25.5 Å². The van der Waals surface area contributed by atoms with Crippen molar-refractivity contribution in [2.45, 2.75) is 10.4 Å². The summed E-state index contributed by atoms with van der Waals surface area (Å²) in [6, 6.07) is 27.6. The highest BCUT2D eigenvalue weighted by Crippen LogP contribution is 2.38. The molecule has 5 rings (SSSR count). The van der Waals surface area contributed by atoms with Gasteiger partial charge in [0.1, 0.15) is 11.6 Å². The molecule has 0 aliphatic heterocycles. The number of ketones is 1. The number of rotatable bonds is 6. The number of hydrogen-bond donors (Lipinski definition) is 1. The highest BCUT2D eigenvalue weighted by Gasteiger charge is 2.27. The summed E-state index contributed by atoms with van der Waals surface area (Å²) < 4.78 is 1.91. The van der Waals surface area contributed by atoms with Crippen molar-refractivity contribution < 1.29 is 4.79 Å². The fourth-order valence-corrected chi connectivity index (χ4v) is 4.59. The molecule has 2 heterocycles. The lowest BCUT2D eigenvalue weighted by Crippen LogP contribution is -2.11. The van der Waals surface area contributed by atoms with Crippen LogP contribution in [0, 0.1) is 0 Å². The monoisotopic (exact) mass is 410 g/mol. The Labute approximate surface area is 177 Å². The number of carbonyl (C=O) groups is 1. The number of benzene rings is 3. The Hall–Kier alpha value is -3.64. The van der Waals surface area contributed by atoms with E-state index in [0.29, 0.717) is 10.7 Å². The van der Waals surface area contributed by atoms with Crippen LogP contribution in [-0.2, 0) is 0 Å². The Kier molecular flexibility index (Phi) is 4.91. The molecule has 0 aliphatic rings. The maximum atomic E-state index is 13.7. The minimum absolute atomic E-state index is 0.0336. The molecule has 0 aliphatic carbocycles. The highest BCUT2D eigenvalue weighted by atomic mass is 32.2. The third kappa shape index (κ3) is 3.42. The maximum Gasteiger partial charge on any atom is 0.196 e. The number of hydrogen-bond acceptors (Lipinski definition) is 4. The smallest absolute Gasteiger partial charge is 0.196 e. The van der Waals surface area contributed by atoms with Gasteiger partial charge in [-0.25, -0.2) is 0 Å². The van der Waals surface area contributed by atoms with E-state index in [1.807, 2.05) is 89.5 Å². The quantitative estimate of drug-likeness (QED) is 0.298. The van der Waals surface area contributed by atoms with Crippen LogP contribution >= 0.6 is 11.8 Å². The molecule has 1 atom stereocenters. The molecule has 146 valence electrons. The van der Waals surface area contributed by atoms with E-state index < -0.39 is 5.25 Å². The van der Waals surface area contributed by atoms with Gasteiger partial charge >= 0.3 is 0 Å². The summed E-state index contributed by atoms with van der Waals surface area (Å²) in [6.07, 6.45) is 3.47. The van der Waals surface area contributed by atoms with Crippen LogP contribution in [0.25, 0.3) is 16.6 Å². The van der Waals surface area contributed by atoms with Gasteiger partial charge in [-0.15, -0.1) is 10.2 Å². The molecule has 2 aromatic heterocycles. The molecule has 5 aromatic rings. The molecule has 1 N–H and O–H groups in total. The van der Waals surface area contributed by atoms with Gasteiger partial charge in [0.05, 0.1) is 0 Å². The van der Waals surface area contributed by atoms with E-state index >= 15 is 0 Å². The van der Waals surface area contributed by atoms with Crippen LogP contribution in [0.15, 0.2) is 103 Å². The van der Waals surface area contributed by atoms with Crippen molar-refractivity contribution in [3.8, 4) is 5.69 Å². The molecule has 30 heavy (non-hydrogen) atoms. The summed E-state index contributed by atoms with van der Waals surface area (Å²) >= 11 is 1.41. The topological polar surface area (TPSA) is 63.6 Å². The number of nitrogens with one attached hydrogen (secondary N) is 1. The second kappa shape index (κ2) is 8.00. The Bertz CT molecular complexity index is 1290. The number of aromatic nitrogens is 4. The minimum atomic E-state index is -0.447. The molecule has 0 spiro atoms. The minimum Gasteiger partial charge on any atom is -0.360 e. The Balaban J connectivity index is 1.56. The zero-order chi connectivity index (χ0) is 20.3. The first-order chi connectivity index (χ1) is 14.8. The van der Waals surface area contributed by atoms with Crippen LogP contribution in [0.2, 0.25) is 0 Å². The van der Waals surface area contributed by atoms with E-state index in [-0.39, 0.29) is 5.78 Å². The standard InChI is InChI=1S/C24H18N4OS/c29-22(20-15-25-21-14-8-7-13-19(20)21)23(17-9-3-1-4-10-17)30-24-27-26-16-28(24)18-11-5-2-6-12-18/h1-16,23,25H. The van der Waals surface area contributed by atoms with Gasteiger partial charge in [0.2, 0.25) is 0 Å². The molecule has 0 radical (unpaired) electrons. The molecule has 1 unspecified atom stereocenters. The lowest BCUT2D eigenvalue weighted by atomic mass is 10.0. The molecule has 0 bridgehead atoms. The van der Waals surface area contributed by atoms with E-state index in [2.05, 4.69) is 15.2 Å². The summed E-state index contributed by atoms with van der Waals surface area (Å²) in [7, 11) is 0. The predicted octanol–water partition coefficient (Wildman–Crippen LogP) is 5.46. The SMILES string of the molecule is O=C(c1c[nH]c2ccccc12)C(Sc1nncn1-c1ccccc1)c1ccccc1. The molecule has 0 fully saturated rings. The van der Waals surface area contributed by atoms with Crippen LogP contribution < -0.4 is 0 Å². The van der Waals surface area contributed by atoms with Gasteiger partial charge in [0.25, 0.3) is 0 Å². The molecule has 0 amide bonds. The zero-order valence-corrected chi connectivity index (χ0v) is 16.8. The Morgan fingerprint density at radius 1 is 0.900 bits per heavy atom. The molecule has 5 nitrogen and oxygen atoms in total. The highest BCUT2D eigenvalue weighted by molar-refractivity contribution is 8.00. The lowest BCUT2D eigenvalue weighted by Gasteiger charge is -2.16.